The van der Waals surface area contributed by atoms with Crippen molar-refractivity contribution in [2.24, 2.45) is 5.92 Å². The van der Waals surface area contributed by atoms with Gasteiger partial charge in [-0.15, -0.1) is 0 Å². The van der Waals surface area contributed by atoms with Gasteiger partial charge in [0.1, 0.15) is 5.75 Å². The minimum atomic E-state index is -4.64. The molecule has 1 fully saturated rings. The summed E-state index contributed by atoms with van der Waals surface area (Å²) in [5, 5.41) is 0. The second-order valence-corrected chi connectivity index (χ2v) is 8.21. The van der Waals surface area contributed by atoms with Crippen LogP contribution >= 0.6 is 0 Å². The highest BCUT2D eigenvalue weighted by atomic mass is 19.4. The quantitative estimate of drug-likeness (QED) is 0.445. The Morgan fingerprint density at radius 3 is 2.62 bits per heavy atom. The second kappa shape index (κ2) is 10.7. The van der Waals surface area contributed by atoms with Crippen molar-refractivity contribution in [1.82, 2.24) is 9.88 Å². The van der Waals surface area contributed by atoms with Gasteiger partial charge in [0.05, 0.1) is 36.6 Å². The molecule has 0 bridgehead atoms. The van der Waals surface area contributed by atoms with E-state index in [1.807, 2.05) is 24.3 Å². The average Bonchev–Trinajstić information content (AvgIpc) is 3.36. The maximum absolute atomic E-state index is 13.6. The number of aromatic nitrogens is 1. The van der Waals surface area contributed by atoms with Crippen molar-refractivity contribution < 1.29 is 27.4 Å². The number of rotatable bonds is 8. The van der Waals surface area contributed by atoms with Crippen molar-refractivity contribution in [3.63, 3.8) is 0 Å². The summed E-state index contributed by atoms with van der Waals surface area (Å²) in [4.78, 5) is 19.0. The summed E-state index contributed by atoms with van der Waals surface area (Å²) in [7, 11) is 0. The number of amides is 1. The van der Waals surface area contributed by atoms with E-state index in [1.54, 1.807) is 24.4 Å². The van der Waals surface area contributed by atoms with Crippen LogP contribution < -0.4 is 4.74 Å². The number of hydrogen-bond donors (Lipinski definition) is 0. The molecule has 0 radical (unpaired) electrons. The molecule has 0 spiro atoms. The first kappa shape index (κ1) is 23.8. The van der Waals surface area contributed by atoms with Crippen molar-refractivity contribution >= 4 is 5.91 Å². The third-order valence-corrected chi connectivity index (χ3v) is 5.61. The molecule has 1 atom stereocenters. The summed E-state index contributed by atoms with van der Waals surface area (Å²) in [6.45, 7) is 2.10. The molecule has 1 aromatic heterocycles. The van der Waals surface area contributed by atoms with Crippen LogP contribution in [0.25, 0.3) is 0 Å². The summed E-state index contributed by atoms with van der Waals surface area (Å²) < 4.78 is 52.0. The van der Waals surface area contributed by atoms with Gasteiger partial charge in [-0.3, -0.25) is 9.78 Å². The molecule has 1 amide bonds. The van der Waals surface area contributed by atoms with Gasteiger partial charge >= 0.3 is 6.18 Å². The largest absolute Gasteiger partial charge is 0.493 e. The molecule has 5 nitrogen and oxygen atoms in total. The fraction of sp³-hybridized carbons (Fsp3) is 0.308. The van der Waals surface area contributed by atoms with Gasteiger partial charge in [0.25, 0.3) is 5.91 Å². The van der Waals surface area contributed by atoms with Crippen LogP contribution in [0.15, 0.2) is 72.9 Å². The van der Waals surface area contributed by atoms with Gasteiger partial charge in [-0.05, 0) is 48.4 Å². The molecule has 4 rings (SSSR count). The zero-order valence-electron chi connectivity index (χ0n) is 18.5. The van der Waals surface area contributed by atoms with Crippen LogP contribution in [0.1, 0.15) is 33.6 Å². The number of pyridine rings is 1. The van der Waals surface area contributed by atoms with Crippen LogP contribution in [0.4, 0.5) is 13.2 Å². The predicted molar refractivity (Wildman–Crippen MR) is 120 cm³/mol. The zero-order valence-corrected chi connectivity index (χ0v) is 18.5. The Bertz CT molecular complexity index is 1100. The lowest BCUT2D eigenvalue weighted by Crippen LogP contribution is -2.32. The monoisotopic (exact) mass is 470 g/mol. The van der Waals surface area contributed by atoms with Crippen molar-refractivity contribution in [2.45, 2.75) is 25.7 Å². The van der Waals surface area contributed by atoms with E-state index in [1.165, 1.54) is 23.1 Å². The van der Waals surface area contributed by atoms with E-state index in [0.717, 1.165) is 24.7 Å². The molecule has 1 aliphatic rings. The van der Waals surface area contributed by atoms with Crippen LogP contribution in [-0.4, -0.2) is 35.6 Å². The highest BCUT2D eigenvalue weighted by Crippen LogP contribution is 2.33. The molecule has 0 unspecified atom stereocenters. The molecular weight excluding hydrogens is 445 g/mol. The molecular formula is C26H25F3N2O3. The Labute approximate surface area is 196 Å². The van der Waals surface area contributed by atoms with Crippen LogP contribution in [0.2, 0.25) is 0 Å². The third kappa shape index (κ3) is 6.14. The molecule has 34 heavy (non-hydrogen) atoms. The third-order valence-electron chi connectivity index (χ3n) is 5.61. The lowest BCUT2D eigenvalue weighted by atomic mass is 10.0. The SMILES string of the molecule is O=C(c1ccccc1C(F)(F)F)N(Cc1cccc(OC[C@H]2CCOC2)c1)Cc1ccccn1. The van der Waals surface area contributed by atoms with Crippen LogP contribution in [0.3, 0.4) is 0 Å². The van der Waals surface area contributed by atoms with Crippen molar-refractivity contribution in [3.05, 3.63) is 95.3 Å². The molecule has 0 saturated carbocycles. The molecule has 8 heteroatoms. The summed E-state index contributed by atoms with van der Waals surface area (Å²) in [6, 6.07) is 17.4. The fourth-order valence-corrected chi connectivity index (χ4v) is 3.86. The number of halogens is 3. The van der Waals surface area contributed by atoms with Gasteiger partial charge in [-0.25, -0.2) is 0 Å². The Morgan fingerprint density at radius 2 is 1.88 bits per heavy atom. The van der Waals surface area contributed by atoms with E-state index < -0.39 is 17.6 Å². The van der Waals surface area contributed by atoms with Crippen LogP contribution in [0, 0.1) is 5.92 Å². The van der Waals surface area contributed by atoms with Crippen LogP contribution in [0.5, 0.6) is 5.75 Å². The minimum Gasteiger partial charge on any atom is -0.493 e. The first-order chi connectivity index (χ1) is 16.4. The maximum atomic E-state index is 13.6. The van der Waals surface area contributed by atoms with E-state index in [4.69, 9.17) is 9.47 Å². The number of benzene rings is 2. The first-order valence-corrected chi connectivity index (χ1v) is 11.0. The fourth-order valence-electron chi connectivity index (χ4n) is 3.86. The van der Waals surface area contributed by atoms with Gasteiger partial charge in [-0.2, -0.15) is 13.2 Å². The van der Waals surface area contributed by atoms with Crippen LogP contribution in [-0.2, 0) is 24.0 Å². The van der Waals surface area contributed by atoms with Gasteiger partial charge in [0.15, 0.2) is 0 Å². The summed E-state index contributed by atoms with van der Waals surface area (Å²) in [6.07, 6.45) is -2.10. The highest BCUT2D eigenvalue weighted by Gasteiger charge is 2.36. The number of carbonyl (C=O) groups excluding carboxylic acids is 1. The van der Waals surface area contributed by atoms with E-state index in [-0.39, 0.29) is 18.7 Å². The average molecular weight is 470 g/mol. The van der Waals surface area contributed by atoms with Gasteiger partial charge in [0, 0.05) is 25.3 Å². The number of ether oxygens (including phenoxy) is 2. The first-order valence-electron chi connectivity index (χ1n) is 11.0. The molecule has 0 N–H and O–H groups in total. The zero-order chi connectivity index (χ0) is 24.0. The molecule has 1 aliphatic heterocycles. The highest BCUT2D eigenvalue weighted by molar-refractivity contribution is 5.95. The Morgan fingerprint density at radius 1 is 1.06 bits per heavy atom. The second-order valence-electron chi connectivity index (χ2n) is 8.21. The molecule has 178 valence electrons. The number of hydrogen-bond acceptors (Lipinski definition) is 4. The smallest absolute Gasteiger partial charge is 0.417 e. The van der Waals surface area contributed by atoms with Crippen molar-refractivity contribution in [3.8, 4) is 5.75 Å². The Hall–Kier alpha value is -3.39. The van der Waals surface area contributed by atoms with Crippen molar-refractivity contribution in [2.75, 3.05) is 19.8 Å². The topological polar surface area (TPSA) is 51.7 Å². The normalized spacial score (nSPS) is 15.8. The molecule has 1 saturated heterocycles. The van der Waals surface area contributed by atoms with Gasteiger partial charge in [-0.1, -0.05) is 30.3 Å². The summed E-state index contributed by atoms with van der Waals surface area (Å²) in [5.74, 6) is 0.267. The molecule has 2 heterocycles. The van der Waals surface area contributed by atoms with E-state index in [9.17, 15) is 18.0 Å². The maximum Gasteiger partial charge on any atom is 0.417 e. The summed E-state index contributed by atoms with van der Waals surface area (Å²) >= 11 is 0. The molecule has 0 aliphatic carbocycles. The number of carbonyl (C=O) groups is 1. The Kier molecular flexibility index (Phi) is 7.47. The van der Waals surface area contributed by atoms with Gasteiger partial charge in [0.2, 0.25) is 0 Å². The van der Waals surface area contributed by atoms with E-state index in [0.29, 0.717) is 30.6 Å². The van der Waals surface area contributed by atoms with E-state index >= 15 is 0 Å². The summed E-state index contributed by atoms with van der Waals surface area (Å²) in [5.41, 5.74) is -0.0237. The minimum absolute atomic E-state index is 0.0658. The molecule has 3 aromatic rings. The number of alkyl halides is 3. The molecule has 2 aromatic carbocycles. The predicted octanol–water partition coefficient (Wildman–Crippen LogP) is 5.36. The van der Waals surface area contributed by atoms with E-state index in [2.05, 4.69) is 4.98 Å². The Balaban J connectivity index is 1.57. The standard InChI is InChI=1S/C26H25F3N2O3/c27-26(28,29)24-10-2-1-9-23(24)25(32)31(16-21-7-3-4-12-30-21)15-19-6-5-8-22(14-19)34-18-20-11-13-33-17-20/h1-10,12,14,20H,11,13,15-18H2/t20-/m0/s1. The van der Waals surface area contributed by atoms with Gasteiger partial charge < -0.3 is 14.4 Å². The lowest BCUT2D eigenvalue weighted by Gasteiger charge is -2.24. The number of nitrogens with zero attached hydrogens (tertiary/aromatic N) is 2. The lowest BCUT2D eigenvalue weighted by molar-refractivity contribution is -0.138. The van der Waals surface area contributed by atoms with Crippen molar-refractivity contribution in [1.29, 1.82) is 0 Å².